The lowest BCUT2D eigenvalue weighted by atomic mass is 9.79. The van der Waals surface area contributed by atoms with Gasteiger partial charge < -0.3 is 15.1 Å². The van der Waals surface area contributed by atoms with Crippen molar-refractivity contribution in [3.63, 3.8) is 0 Å². The average Bonchev–Trinajstić information content (AvgIpc) is 3.35. The molecule has 0 aliphatic carbocycles. The van der Waals surface area contributed by atoms with Gasteiger partial charge in [-0.25, -0.2) is 4.98 Å². The van der Waals surface area contributed by atoms with Crippen molar-refractivity contribution in [1.29, 1.82) is 0 Å². The molecule has 2 amide bonds. The second-order valence-electron chi connectivity index (χ2n) is 9.46. The van der Waals surface area contributed by atoms with Crippen LogP contribution in [0, 0.1) is 11.8 Å². The molecule has 2 bridgehead atoms. The van der Waals surface area contributed by atoms with Crippen molar-refractivity contribution < 1.29 is 9.59 Å². The zero-order valence-electron chi connectivity index (χ0n) is 18.1. The van der Waals surface area contributed by atoms with Crippen molar-refractivity contribution in [1.82, 2.24) is 20.1 Å². The number of benzene rings is 1. The fraction of sp³-hybridized carbons (Fsp3) is 0.560. The van der Waals surface area contributed by atoms with Crippen molar-refractivity contribution >= 4 is 22.7 Å². The summed E-state index contributed by atoms with van der Waals surface area (Å²) in [6.45, 7) is 4.41. The monoisotopic (exact) mass is 420 g/mol. The minimum Gasteiger partial charge on any atom is -0.343 e. The molecule has 4 heterocycles. The largest absolute Gasteiger partial charge is 0.343 e. The molecular formula is C25H32N4O2. The number of aromatic nitrogens is 1. The Kier molecular flexibility index (Phi) is 5.90. The van der Waals surface area contributed by atoms with E-state index in [1.165, 1.54) is 6.42 Å². The molecule has 0 unspecified atom stereocenters. The zero-order valence-corrected chi connectivity index (χ0v) is 18.1. The number of carbonyl (C=O) groups excluding carboxylic acids is 2. The summed E-state index contributed by atoms with van der Waals surface area (Å²) in [6.07, 6.45) is 6.05. The maximum Gasteiger partial charge on any atom is 0.272 e. The number of hydrogen-bond donors (Lipinski definition) is 1. The predicted molar refractivity (Wildman–Crippen MR) is 121 cm³/mol. The molecule has 0 radical (unpaired) electrons. The molecule has 3 fully saturated rings. The SMILES string of the molecule is O=C(CCC[C@H]1NC[C@@H]2C[C@@H]1CN(C(=O)c1ccc3ccccc3n1)C2)N1CCCC1. The number of rotatable bonds is 5. The Morgan fingerprint density at radius 2 is 1.87 bits per heavy atom. The minimum atomic E-state index is 0.0466. The fourth-order valence-corrected chi connectivity index (χ4v) is 5.62. The molecule has 164 valence electrons. The Morgan fingerprint density at radius 3 is 2.74 bits per heavy atom. The molecule has 6 heteroatoms. The predicted octanol–water partition coefficient (Wildman–Crippen LogP) is 3.08. The molecule has 3 aliphatic heterocycles. The maximum atomic E-state index is 13.2. The normalized spacial score (nSPS) is 25.7. The first-order valence-corrected chi connectivity index (χ1v) is 11.8. The van der Waals surface area contributed by atoms with Crippen LogP contribution in [0.2, 0.25) is 0 Å². The summed E-state index contributed by atoms with van der Waals surface area (Å²) < 4.78 is 0. The van der Waals surface area contributed by atoms with E-state index in [4.69, 9.17) is 0 Å². The number of piperidine rings is 2. The van der Waals surface area contributed by atoms with Gasteiger partial charge in [-0.2, -0.15) is 0 Å². The Labute approximate surface area is 184 Å². The van der Waals surface area contributed by atoms with E-state index >= 15 is 0 Å². The Bertz CT molecular complexity index is 955. The third-order valence-corrected chi connectivity index (χ3v) is 7.28. The summed E-state index contributed by atoms with van der Waals surface area (Å²) in [5.74, 6) is 1.32. The highest BCUT2D eigenvalue weighted by molar-refractivity contribution is 5.95. The summed E-state index contributed by atoms with van der Waals surface area (Å²) in [4.78, 5) is 34.2. The first-order valence-electron chi connectivity index (χ1n) is 11.8. The lowest BCUT2D eigenvalue weighted by Gasteiger charge is -2.46. The van der Waals surface area contributed by atoms with Crippen LogP contribution in [0.4, 0.5) is 0 Å². The molecule has 3 saturated heterocycles. The summed E-state index contributed by atoms with van der Waals surface area (Å²) in [5.41, 5.74) is 1.41. The molecule has 0 spiro atoms. The standard InChI is InChI=1S/C25H32N4O2/c30-24(28-12-3-4-13-28)9-5-8-21-20-14-18(15-26-21)16-29(17-20)25(31)23-11-10-19-6-1-2-7-22(19)27-23/h1-2,6-7,10-11,18,20-21,26H,3-5,8-9,12-17H2/t18-,20+,21+/m0/s1. The molecule has 3 atom stereocenters. The molecule has 3 aliphatic rings. The van der Waals surface area contributed by atoms with Gasteiger partial charge in [0.1, 0.15) is 5.69 Å². The van der Waals surface area contributed by atoms with E-state index in [0.29, 0.717) is 35.9 Å². The lowest BCUT2D eigenvalue weighted by Crippen LogP contribution is -2.57. The van der Waals surface area contributed by atoms with Crippen molar-refractivity contribution in [3.8, 4) is 0 Å². The highest BCUT2D eigenvalue weighted by Crippen LogP contribution is 2.31. The summed E-state index contributed by atoms with van der Waals surface area (Å²) in [6, 6.07) is 12.2. The van der Waals surface area contributed by atoms with Gasteiger partial charge in [-0.1, -0.05) is 24.3 Å². The Hall–Kier alpha value is -2.47. The Balaban J connectivity index is 1.19. The van der Waals surface area contributed by atoms with Gasteiger partial charge in [-0.05, 0) is 62.6 Å². The minimum absolute atomic E-state index is 0.0466. The van der Waals surface area contributed by atoms with Gasteiger partial charge in [0.2, 0.25) is 5.91 Å². The van der Waals surface area contributed by atoms with Crippen LogP contribution in [0.1, 0.15) is 49.0 Å². The van der Waals surface area contributed by atoms with Gasteiger partial charge in [0, 0.05) is 44.0 Å². The maximum absolute atomic E-state index is 13.2. The first-order chi connectivity index (χ1) is 15.2. The highest BCUT2D eigenvalue weighted by atomic mass is 16.2. The molecule has 0 saturated carbocycles. The van der Waals surface area contributed by atoms with E-state index in [9.17, 15) is 9.59 Å². The van der Waals surface area contributed by atoms with Gasteiger partial charge in [-0.15, -0.1) is 0 Å². The van der Waals surface area contributed by atoms with Crippen LogP contribution in [0.3, 0.4) is 0 Å². The van der Waals surface area contributed by atoms with E-state index in [-0.39, 0.29) is 5.91 Å². The van der Waals surface area contributed by atoms with Crippen LogP contribution in [0.25, 0.3) is 10.9 Å². The summed E-state index contributed by atoms with van der Waals surface area (Å²) in [5, 5.41) is 4.77. The van der Waals surface area contributed by atoms with E-state index in [1.54, 1.807) is 0 Å². The molecular weight excluding hydrogens is 388 g/mol. The topological polar surface area (TPSA) is 65.5 Å². The van der Waals surface area contributed by atoms with E-state index in [0.717, 1.165) is 69.3 Å². The van der Waals surface area contributed by atoms with E-state index < -0.39 is 0 Å². The van der Waals surface area contributed by atoms with Crippen molar-refractivity contribution in [2.45, 2.75) is 44.6 Å². The second kappa shape index (κ2) is 8.95. The number of amides is 2. The number of likely N-dealkylation sites (tertiary alicyclic amines) is 2. The third-order valence-electron chi connectivity index (χ3n) is 7.28. The Morgan fingerprint density at radius 1 is 1.03 bits per heavy atom. The number of nitrogens with one attached hydrogen (secondary N) is 1. The molecule has 2 aromatic rings. The molecule has 1 aromatic carbocycles. The molecule has 1 N–H and O–H groups in total. The number of nitrogens with zero attached hydrogens (tertiary/aromatic N) is 3. The van der Waals surface area contributed by atoms with Crippen LogP contribution in [0.5, 0.6) is 0 Å². The van der Waals surface area contributed by atoms with Gasteiger partial charge in [0.15, 0.2) is 0 Å². The number of carbonyl (C=O) groups is 2. The smallest absolute Gasteiger partial charge is 0.272 e. The summed E-state index contributed by atoms with van der Waals surface area (Å²) in [7, 11) is 0. The van der Waals surface area contributed by atoms with Crippen LogP contribution < -0.4 is 5.32 Å². The molecule has 5 rings (SSSR count). The van der Waals surface area contributed by atoms with Crippen molar-refractivity contribution in [3.05, 3.63) is 42.1 Å². The number of pyridine rings is 1. The quantitative estimate of drug-likeness (QED) is 0.807. The fourth-order valence-electron chi connectivity index (χ4n) is 5.62. The van der Waals surface area contributed by atoms with E-state index in [2.05, 4.69) is 10.3 Å². The van der Waals surface area contributed by atoms with Gasteiger partial charge in [0.05, 0.1) is 5.52 Å². The van der Waals surface area contributed by atoms with Gasteiger partial charge in [-0.3, -0.25) is 9.59 Å². The molecule has 1 aromatic heterocycles. The van der Waals surface area contributed by atoms with Gasteiger partial charge in [0.25, 0.3) is 5.91 Å². The average molecular weight is 421 g/mol. The van der Waals surface area contributed by atoms with Crippen molar-refractivity contribution in [2.24, 2.45) is 11.8 Å². The zero-order chi connectivity index (χ0) is 21.2. The molecule has 31 heavy (non-hydrogen) atoms. The highest BCUT2D eigenvalue weighted by Gasteiger charge is 2.38. The number of hydrogen-bond acceptors (Lipinski definition) is 4. The van der Waals surface area contributed by atoms with Gasteiger partial charge >= 0.3 is 0 Å². The van der Waals surface area contributed by atoms with Crippen LogP contribution in [-0.4, -0.2) is 65.4 Å². The van der Waals surface area contributed by atoms with Crippen LogP contribution >= 0.6 is 0 Å². The summed E-state index contributed by atoms with van der Waals surface area (Å²) >= 11 is 0. The lowest BCUT2D eigenvalue weighted by molar-refractivity contribution is -0.130. The first kappa shape index (κ1) is 20.4. The second-order valence-corrected chi connectivity index (χ2v) is 9.46. The number of para-hydroxylation sites is 1. The van der Waals surface area contributed by atoms with E-state index in [1.807, 2.05) is 46.2 Å². The third kappa shape index (κ3) is 4.45. The van der Waals surface area contributed by atoms with Crippen LogP contribution in [-0.2, 0) is 4.79 Å². The van der Waals surface area contributed by atoms with Crippen molar-refractivity contribution in [2.75, 3.05) is 32.7 Å². The van der Waals surface area contributed by atoms with Crippen LogP contribution in [0.15, 0.2) is 36.4 Å². The number of fused-ring (bicyclic) bond motifs is 3. The molecule has 6 nitrogen and oxygen atoms in total.